The van der Waals surface area contributed by atoms with Crippen LogP contribution in [0.2, 0.25) is 0 Å². The third-order valence-electron chi connectivity index (χ3n) is 3.00. The fourth-order valence-electron chi connectivity index (χ4n) is 1.99. The number of nitro benzene ring substituents is 1. The molecule has 0 aliphatic carbocycles. The van der Waals surface area contributed by atoms with Crippen LogP contribution in [-0.2, 0) is 0 Å². The maximum atomic E-state index is 10.8. The van der Waals surface area contributed by atoms with Gasteiger partial charge >= 0.3 is 0 Å². The Bertz CT molecular complexity index is 765. The molecule has 2 aromatic carbocycles. The molecule has 0 aromatic heterocycles. The molecule has 126 valence electrons. The summed E-state index contributed by atoms with van der Waals surface area (Å²) in [7, 11) is 1.57. The molecular weight excluding hydrogens is 378 g/mol. The predicted octanol–water partition coefficient (Wildman–Crippen LogP) is 4.21. The van der Waals surface area contributed by atoms with Crippen LogP contribution in [0, 0.1) is 10.1 Å². The molecule has 2 rings (SSSR count). The molecule has 8 heteroatoms. The number of nitrogens with zero attached hydrogens (tertiary/aromatic N) is 2. The number of methoxy groups -OCH3 is 1. The summed E-state index contributed by atoms with van der Waals surface area (Å²) in [5, 5.41) is 14.8. The lowest BCUT2D eigenvalue weighted by molar-refractivity contribution is -0.384. The molecule has 0 fully saturated rings. The lowest BCUT2D eigenvalue weighted by Crippen LogP contribution is -1.98. The number of hydrogen-bond donors (Lipinski definition) is 1. The first-order chi connectivity index (χ1) is 11.5. The lowest BCUT2D eigenvalue weighted by Gasteiger charge is -2.11. The van der Waals surface area contributed by atoms with Crippen molar-refractivity contribution in [3.05, 3.63) is 56.5 Å². The van der Waals surface area contributed by atoms with Crippen molar-refractivity contribution in [3.8, 4) is 11.5 Å². The number of nitro groups is 1. The summed E-state index contributed by atoms with van der Waals surface area (Å²) in [6, 6.07) is 9.75. The van der Waals surface area contributed by atoms with E-state index in [0.29, 0.717) is 23.8 Å². The minimum absolute atomic E-state index is 0.000948. The second kappa shape index (κ2) is 8.30. The Labute approximate surface area is 147 Å². The van der Waals surface area contributed by atoms with Gasteiger partial charge < -0.3 is 9.47 Å². The predicted molar refractivity (Wildman–Crippen MR) is 96.2 cm³/mol. The molecule has 7 nitrogen and oxygen atoms in total. The third-order valence-corrected chi connectivity index (χ3v) is 3.59. The quantitative estimate of drug-likeness (QED) is 0.432. The summed E-state index contributed by atoms with van der Waals surface area (Å²) in [5.74, 6) is 1.21. The van der Waals surface area contributed by atoms with E-state index >= 15 is 0 Å². The Morgan fingerprint density at radius 2 is 2.17 bits per heavy atom. The zero-order valence-electron chi connectivity index (χ0n) is 13.2. The molecule has 0 spiro atoms. The van der Waals surface area contributed by atoms with Gasteiger partial charge in [-0.15, -0.1) is 0 Å². The van der Waals surface area contributed by atoms with Crippen LogP contribution in [0.25, 0.3) is 0 Å². The summed E-state index contributed by atoms with van der Waals surface area (Å²) in [5.41, 5.74) is 4.07. The number of anilines is 1. The average Bonchev–Trinajstić information content (AvgIpc) is 2.55. The minimum atomic E-state index is -0.455. The number of nitrogens with one attached hydrogen (secondary N) is 1. The highest BCUT2D eigenvalue weighted by molar-refractivity contribution is 9.10. The summed E-state index contributed by atoms with van der Waals surface area (Å²) >= 11 is 3.43. The first-order valence-corrected chi connectivity index (χ1v) is 7.88. The monoisotopic (exact) mass is 393 g/mol. The summed E-state index contributed by atoms with van der Waals surface area (Å²) in [6.45, 7) is 2.40. The number of halogens is 1. The Hall–Kier alpha value is -2.61. The van der Waals surface area contributed by atoms with Crippen molar-refractivity contribution >= 4 is 33.5 Å². The minimum Gasteiger partial charge on any atom is -0.492 e. The number of hydrogen-bond acceptors (Lipinski definition) is 6. The Morgan fingerprint density at radius 3 is 2.83 bits per heavy atom. The van der Waals surface area contributed by atoms with Gasteiger partial charge in [-0.1, -0.05) is 6.07 Å². The van der Waals surface area contributed by atoms with Crippen molar-refractivity contribution in [1.29, 1.82) is 0 Å². The van der Waals surface area contributed by atoms with Crippen LogP contribution in [0.15, 0.2) is 46.0 Å². The zero-order chi connectivity index (χ0) is 17.5. The highest BCUT2D eigenvalue weighted by Gasteiger charge is 2.10. The van der Waals surface area contributed by atoms with Crippen molar-refractivity contribution in [2.45, 2.75) is 6.92 Å². The van der Waals surface area contributed by atoms with Gasteiger partial charge in [0.25, 0.3) is 5.69 Å². The molecule has 0 saturated carbocycles. The van der Waals surface area contributed by atoms with Gasteiger partial charge in [-0.25, -0.2) is 0 Å². The maximum absolute atomic E-state index is 10.8. The standard InChI is InChI=1S/C16H16BrN3O4/c1-3-24-15-8-11(7-14(17)16(15)23-2)10-18-19-12-5-4-6-13(9-12)20(21)22/h4-10,19H,3H2,1-2H3. The molecular formula is C16H16BrN3O4. The van der Waals surface area contributed by atoms with Crippen LogP contribution >= 0.6 is 15.9 Å². The number of benzene rings is 2. The van der Waals surface area contributed by atoms with E-state index in [4.69, 9.17) is 9.47 Å². The molecule has 0 aliphatic rings. The molecule has 2 aromatic rings. The summed E-state index contributed by atoms with van der Waals surface area (Å²) in [4.78, 5) is 10.3. The molecule has 0 heterocycles. The average molecular weight is 394 g/mol. The fraction of sp³-hybridized carbons (Fsp3) is 0.188. The van der Waals surface area contributed by atoms with Gasteiger partial charge in [0.1, 0.15) is 0 Å². The summed E-state index contributed by atoms with van der Waals surface area (Å²) in [6.07, 6.45) is 1.59. The number of rotatable bonds is 7. The van der Waals surface area contributed by atoms with Gasteiger partial charge in [-0.2, -0.15) is 5.10 Å². The molecule has 0 amide bonds. The van der Waals surface area contributed by atoms with E-state index in [9.17, 15) is 10.1 Å². The van der Waals surface area contributed by atoms with Crippen LogP contribution in [0.1, 0.15) is 12.5 Å². The third kappa shape index (κ3) is 4.45. The normalized spacial score (nSPS) is 10.6. The molecule has 0 radical (unpaired) electrons. The number of hydrazone groups is 1. The lowest BCUT2D eigenvalue weighted by atomic mass is 10.2. The van der Waals surface area contributed by atoms with Crippen LogP contribution in [-0.4, -0.2) is 24.9 Å². The second-order valence-corrected chi connectivity index (χ2v) is 5.50. The van der Waals surface area contributed by atoms with E-state index < -0.39 is 4.92 Å². The molecule has 0 bridgehead atoms. The smallest absolute Gasteiger partial charge is 0.271 e. The van der Waals surface area contributed by atoms with E-state index in [-0.39, 0.29) is 5.69 Å². The molecule has 0 aliphatic heterocycles. The van der Waals surface area contributed by atoms with E-state index in [1.807, 2.05) is 13.0 Å². The van der Waals surface area contributed by atoms with Gasteiger partial charge in [0.2, 0.25) is 0 Å². The molecule has 1 N–H and O–H groups in total. The topological polar surface area (TPSA) is 86.0 Å². The molecule has 0 saturated heterocycles. The van der Waals surface area contributed by atoms with Gasteiger partial charge in [-0.3, -0.25) is 15.5 Å². The summed E-state index contributed by atoms with van der Waals surface area (Å²) < 4.78 is 11.6. The Balaban J connectivity index is 2.17. The van der Waals surface area contributed by atoms with E-state index in [1.54, 1.807) is 31.5 Å². The SMILES string of the molecule is CCOc1cc(C=NNc2cccc([N+](=O)[O-])c2)cc(Br)c1OC. The highest BCUT2D eigenvalue weighted by atomic mass is 79.9. The maximum Gasteiger partial charge on any atom is 0.271 e. The Morgan fingerprint density at radius 1 is 1.38 bits per heavy atom. The van der Waals surface area contributed by atoms with Crippen LogP contribution < -0.4 is 14.9 Å². The van der Waals surface area contributed by atoms with Crippen molar-refractivity contribution in [2.24, 2.45) is 5.10 Å². The Kier molecular flexibility index (Phi) is 6.14. The highest BCUT2D eigenvalue weighted by Crippen LogP contribution is 2.36. The van der Waals surface area contributed by atoms with Gasteiger partial charge in [-0.05, 0) is 46.6 Å². The van der Waals surface area contributed by atoms with Crippen LogP contribution in [0.4, 0.5) is 11.4 Å². The second-order valence-electron chi connectivity index (χ2n) is 4.64. The van der Waals surface area contributed by atoms with E-state index in [0.717, 1.165) is 10.0 Å². The molecule has 24 heavy (non-hydrogen) atoms. The van der Waals surface area contributed by atoms with E-state index in [2.05, 4.69) is 26.5 Å². The number of ether oxygens (including phenoxy) is 2. The van der Waals surface area contributed by atoms with Gasteiger partial charge in [0.05, 0.1) is 35.0 Å². The van der Waals surface area contributed by atoms with Crippen LogP contribution in [0.3, 0.4) is 0 Å². The van der Waals surface area contributed by atoms with Gasteiger partial charge in [0.15, 0.2) is 11.5 Å². The van der Waals surface area contributed by atoms with Gasteiger partial charge in [0, 0.05) is 12.1 Å². The largest absolute Gasteiger partial charge is 0.492 e. The van der Waals surface area contributed by atoms with E-state index in [1.165, 1.54) is 12.1 Å². The first-order valence-electron chi connectivity index (χ1n) is 7.09. The fourth-order valence-corrected chi connectivity index (χ4v) is 2.62. The molecule has 0 unspecified atom stereocenters. The first kappa shape index (κ1) is 17.7. The number of non-ortho nitro benzene ring substituents is 1. The van der Waals surface area contributed by atoms with Crippen molar-refractivity contribution in [3.63, 3.8) is 0 Å². The molecule has 0 atom stereocenters. The van der Waals surface area contributed by atoms with Crippen molar-refractivity contribution < 1.29 is 14.4 Å². The van der Waals surface area contributed by atoms with Crippen molar-refractivity contribution in [2.75, 3.05) is 19.1 Å². The van der Waals surface area contributed by atoms with Crippen LogP contribution in [0.5, 0.6) is 11.5 Å². The van der Waals surface area contributed by atoms with Crippen molar-refractivity contribution in [1.82, 2.24) is 0 Å². The zero-order valence-corrected chi connectivity index (χ0v) is 14.7.